The van der Waals surface area contributed by atoms with Gasteiger partial charge in [-0.1, -0.05) is 37.0 Å². The lowest BCUT2D eigenvalue weighted by Gasteiger charge is -2.10. The van der Waals surface area contributed by atoms with Crippen LogP contribution < -0.4 is 0 Å². The third-order valence-corrected chi connectivity index (χ3v) is 5.22. The van der Waals surface area contributed by atoms with E-state index in [9.17, 15) is 0 Å². The van der Waals surface area contributed by atoms with Crippen molar-refractivity contribution in [1.29, 1.82) is 0 Å². The van der Waals surface area contributed by atoms with E-state index in [4.69, 9.17) is 23.2 Å². The van der Waals surface area contributed by atoms with E-state index in [-0.39, 0.29) is 5.92 Å². The van der Waals surface area contributed by atoms with Crippen LogP contribution in [0, 0.1) is 6.92 Å². The minimum atomic E-state index is 0.204. The summed E-state index contributed by atoms with van der Waals surface area (Å²) in [5.74, 6) is 0.782. The summed E-state index contributed by atoms with van der Waals surface area (Å²) >= 11 is 17.5. The van der Waals surface area contributed by atoms with Gasteiger partial charge in [0, 0.05) is 14.9 Å². The van der Waals surface area contributed by atoms with Gasteiger partial charge in [-0.2, -0.15) is 0 Å². The zero-order chi connectivity index (χ0) is 13.4. The van der Waals surface area contributed by atoms with Crippen molar-refractivity contribution < 1.29 is 0 Å². The van der Waals surface area contributed by atoms with E-state index < -0.39 is 0 Å². The van der Waals surface area contributed by atoms with Gasteiger partial charge in [0.25, 0.3) is 0 Å². The Morgan fingerprint density at radius 1 is 1.22 bits per heavy atom. The molecule has 0 spiro atoms. The molecule has 0 aliphatic heterocycles. The Hall–Kier alpha value is -0.160. The van der Waals surface area contributed by atoms with E-state index in [1.807, 2.05) is 26.8 Å². The summed E-state index contributed by atoms with van der Waals surface area (Å²) in [7, 11) is 0. The molecule has 6 heteroatoms. The van der Waals surface area contributed by atoms with Crippen LogP contribution in [0.3, 0.4) is 0 Å². The molecule has 0 fully saturated rings. The van der Waals surface area contributed by atoms with E-state index in [1.165, 1.54) is 4.88 Å². The fourth-order valence-corrected chi connectivity index (χ4v) is 3.87. The van der Waals surface area contributed by atoms with Crippen molar-refractivity contribution >= 4 is 50.5 Å². The van der Waals surface area contributed by atoms with Gasteiger partial charge in [-0.05, 0) is 34.8 Å². The number of aromatic nitrogens is 2. The second-order valence-corrected chi connectivity index (χ2v) is 7.04. The number of hydrogen-bond donors (Lipinski definition) is 0. The maximum atomic E-state index is 6.18. The van der Waals surface area contributed by atoms with Crippen LogP contribution in [0.1, 0.15) is 30.2 Å². The van der Waals surface area contributed by atoms with Gasteiger partial charge in [0.15, 0.2) is 5.82 Å². The number of halogens is 3. The Balaban J connectivity index is 2.54. The highest BCUT2D eigenvalue weighted by Gasteiger charge is 2.17. The molecule has 0 aromatic carbocycles. The van der Waals surface area contributed by atoms with Crippen LogP contribution >= 0.6 is 50.5 Å². The standard InChI is InChI=1S/C12H11BrCl2N2S/c1-5(2)9-10(14)16-12(17-11(9)15)8-4-7(13)6(3)18-8/h4-5H,1-3H3. The molecule has 0 aliphatic rings. The van der Waals surface area contributed by atoms with Gasteiger partial charge in [0.2, 0.25) is 0 Å². The first kappa shape index (κ1) is 14.3. The van der Waals surface area contributed by atoms with Gasteiger partial charge < -0.3 is 0 Å². The quantitative estimate of drug-likeness (QED) is 0.637. The molecule has 2 aromatic heterocycles. The maximum absolute atomic E-state index is 6.18. The van der Waals surface area contributed by atoms with Crippen LogP contribution in [0.15, 0.2) is 10.5 Å². The SMILES string of the molecule is Cc1sc(-c2nc(Cl)c(C(C)C)c(Cl)n2)cc1Br. The summed E-state index contributed by atoms with van der Waals surface area (Å²) in [6, 6.07) is 1.98. The third kappa shape index (κ3) is 2.72. The lowest BCUT2D eigenvalue weighted by atomic mass is 10.1. The fraction of sp³-hybridized carbons (Fsp3) is 0.333. The van der Waals surface area contributed by atoms with Gasteiger partial charge in [-0.15, -0.1) is 11.3 Å². The highest BCUT2D eigenvalue weighted by Crippen LogP contribution is 2.35. The molecule has 0 N–H and O–H groups in total. The molecule has 0 saturated carbocycles. The van der Waals surface area contributed by atoms with Crippen LogP contribution in [-0.4, -0.2) is 9.97 Å². The second-order valence-electron chi connectivity index (χ2n) is 4.21. The normalized spacial score (nSPS) is 11.3. The lowest BCUT2D eigenvalue weighted by molar-refractivity contribution is 0.848. The van der Waals surface area contributed by atoms with Gasteiger partial charge in [0.05, 0.1) is 4.88 Å². The van der Waals surface area contributed by atoms with E-state index in [2.05, 4.69) is 25.9 Å². The predicted octanol–water partition coefficient (Wildman–Crippen LogP) is 5.71. The Kier molecular flexibility index (Phi) is 4.32. The van der Waals surface area contributed by atoms with Crippen molar-refractivity contribution in [3.63, 3.8) is 0 Å². The summed E-state index contributed by atoms with van der Waals surface area (Å²) < 4.78 is 1.05. The number of nitrogens with zero attached hydrogens (tertiary/aromatic N) is 2. The van der Waals surface area contributed by atoms with E-state index in [1.54, 1.807) is 11.3 Å². The molecule has 0 saturated heterocycles. The van der Waals surface area contributed by atoms with Crippen LogP contribution in [-0.2, 0) is 0 Å². The lowest BCUT2D eigenvalue weighted by Crippen LogP contribution is -1.98. The molecule has 0 unspecified atom stereocenters. The minimum absolute atomic E-state index is 0.204. The molecule has 0 bridgehead atoms. The average molecular weight is 366 g/mol. The van der Waals surface area contributed by atoms with Gasteiger partial charge in [-0.3, -0.25) is 0 Å². The molecule has 2 aromatic rings. The Morgan fingerprint density at radius 3 is 2.17 bits per heavy atom. The maximum Gasteiger partial charge on any atom is 0.172 e. The summed E-state index contributed by atoms with van der Waals surface area (Å²) in [5, 5.41) is 0.865. The average Bonchev–Trinajstić information content (AvgIpc) is 2.57. The summed E-state index contributed by atoms with van der Waals surface area (Å²) in [6.07, 6.45) is 0. The molecule has 2 rings (SSSR count). The van der Waals surface area contributed by atoms with Gasteiger partial charge >= 0.3 is 0 Å². The number of thiophene rings is 1. The van der Waals surface area contributed by atoms with Gasteiger partial charge in [-0.25, -0.2) is 9.97 Å². The number of hydrogen-bond acceptors (Lipinski definition) is 3. The van der Waals surface area contributed by atoms with Crippen LogP contribution in [0.25, 0.3) is 10.7 Å². The smallest absolute Gasteiger partial charge is 0.172 e. The van der Waals surface area contributed by atoms with Gasteiger partial charge in [0.1, 0.15) is 10.3 Å². The Labute approximate surface area is 129 Å². The van der Waals surface area contributed by atoms with E-state index in [0.717, 1.165) is 14.9 Å². The molecule has 96 valence electrons. The second kappa shape index (κ2) is 5.45. The largest absolute Gasteiger partial charge is 0.215 e. The summed E-state index contributed by atoms with van der Waals surface area (Å²) in [4.78, 5) is 10.8. The summed E-state index contributed by atoms with van der Waals surface area (Å²) in [6.45, 7) is 6.06. The number of aryl methyl sites for hydroxylation is 1. The molecule has 18 heavy (non-hydrogen) atoms. The van der Waals surface area contributed by atoms with Crippen molar-refractivity contribution in [2.24, 2.45) is 0 Å². The van der Waals surface area contributed by atoms with Crippen LogP contribution in [0.2, 0.25) is 10.3 Å². The highest BCUT2D eigenvalue weighted by molar-refractivity contribution is 9.10. The minimum Gasteiger partial charge on any atom is -0.215 e. The first-order chi connectivity index (χ1) is 8.40. The molecule has 2 nitrogen and oxygen atoms in total. The fourth-order valence-electron chi connectivity index (χ4n) is 1.57. The van der Waals surface area contributed by atoms with Crippen molar-refractivity contribution in [3.05, 3.63) is 31.3 Å². The predicted molar refractivity (Wildman–Crippen MR) is 81.9 cm³/mol. The van der Waals surface area contributed by atoms with E-state index >= 15 is 0 Å². The highest BCUT2D eigenvalue weighted by atomic mass is 79.9. The third-order valence-electron chi connectivity index (χ3n) is 2.51. The van der Waals surface area contributed by atoms with Crippen LogP contribution in [0.4, 0.5) is 0 Å². The molecular formula is C12H11BrCl2N2S. The zero-order valence-electron chi connectivity index (χ0n) is 10.1. The topological polar surface area (TPSA) is 25.8 Å². The molecule has 0 aliphatic carbocycles. The molecule has 2 heterocycles. The summed E-state index contributed by atoms with van der Waals surface area (Å²) in [5.41, 5.74) is 0.800. The molecular weight excluding hydrogens is 355 g/mol. The van der Waals surface area contributed by atoms with Crippen molar-refractivity contribution in [2.75, 3.05) is 0 Å². The zero-order valence-corrected chi connectivity index (χ0v) is 14.0. The first-order valence-corrected chi connectivity index (χ1v) is 7.76. The van der Waals surface area contributed by atoms with E-state index in [0.29, 0.717) is 16.1 Å². The van der Waals surface area contributed by atoms with Crippen molar-refractivity contribution in [3.8, 4) is 10.7 Å². The molecule has 0 amide bonds. The van der Waals surface area contributed by atoms with Crippen molar-refractivity contribution in [1.82, 2.24) is 9.97 Å². The first-order valence-electron chi connectivity index (χ1n) is 5.39. The van der Waals surface area contributed by atoms with Crippen molar-refractivity contribution in [2.45, 2.75) is 26.7 Å². The number of rotatable bonds is 2. The monoisotopic (exact) mass is 364 g/mol. The van der Waals surface area contributed by atoms with Crippen LogP contribution in [0.5, 0.6) is 0 Å². The molecule has 0 radical (unpaired) electrons. The Bertz CT molecular complexity index is 553. The molecule has 0 atom stereocenters. The Morgan fingerprint density at radius 2 is 1.78 bits per heavy atom.